The Morgan fingerprint density at radius 2 is 2.00 bits per heavy atom. The number of para-hydroxylation sites is 1. The lowest BCUT2D eigenvalue weighted by Gasteiger charge is -2.22. The van der Waals surface area contributed by atoms with E-state index < -0.39 is 0 Å². The van der Waals surface area contributed by atoms with Crippen molar-refractivity contribution in [3.63, 3.8) is 0 Å². The fourth-order valence-electron chi connectivity index (χ4n) is 3.20. The molecule has 1 fully saturated rings. The summed E-state index contributed by atoms with van der Waals surface area (Å²) >= 11 is 0. The summed E-state index contributed by atoms with van der Waals surface area (Å²) in [5.41, 5.74) is 2.72. The number of hydrogen-bond acceptors (Lipinski definition) is 3. The van der Waals surface area contributed by atoms with Gasteiger partial charge in [-0.2, -0.15) is 0 Å². The molecule has 0 saturated carbocycles. The van der Waals surface area contributed by atoms with Crippen LogP contribution in [0.15, 0.2) is 24.3 Å². The van der Waals surface area contributed by atoms with Gasteiger partial charge in [0.2, 0.25) is 0 Å². The standard InChI is InChI=1S/C18H31N3/c1-4-12-21-13-7-9-17(11-14-21)19-18-10-6-5-8-16(18)15-20(2)3/h5-6,8,10,17,19H,4,7,9,11-15H2,1-3H3. The van der Waals surface area contributed by atoms with Crippen LogP contribution in [0.5, 0.6) is 0 Å². The van der Waals surface area contributed by atoms with E-state index in [0.717, 1.165) is 6.54 Å². The van der Waals surface area contributed by atoms with Crippen molar-refractivity contribution in [3.8, 4) is 0 Å². The van der Waals surface area contributed by atoms with Crippen LogP contribution in [-0.2, 0) is 6.54 Å². The number of likely N-dealkylation sites (tertiary alicyclic amines) is 1. The molecule has 1 aromatic carbocycles. The van der Waals surface area contributed by atoms with Gasteiger partial charge in [0.1, 0.15) is 0 Å². The fraction of sp³-hybridized carbons (Fsp3) is 0.667. The van der Waals surface area contributed by atoms with Crippen molar-refractivity contribution in [2.75, 3.05) is 39.0 Å². The Kier molecular flexibility index (Phi) is 6.52. The number of nitrogens with one attached hydrogen (secondary N) is 1. The minimum atomic E-state index is 0.621. The van der Waals surface area contributed by atoms with Gasteiger partial charge in [0.25, 0.3) is 0 Å². The lowest BCUT2D eigenvalue weighted by molar-refractivity contribution is 0.285. The Balaban J connectivity index is 1.95. The summed E-state index contributed by atoms with van der Waals surface area (Å²) in [6.07, 6.45) is 5.13. The van der Waals surface area contributed by atoms with Crippen LogP contribution in [0.1, 0.15) is 38.2 Å². The smallest absolute Gasteiger partial charge is 0.0388 e. The lowest BCUT2D eigenvalue weighted by Crippen LogP contribution is -2.27. The van der Waals surface area contributed by atoms with E-state index in [0.29, 0.717) is 6.04 Å². The molecule has 118 valence electrons. The van der Waals surface area contributed by atoms with Crippen LogP contribution in [-0.4, -0.2) is 49.6 Å². The summed E-state index contributed by atoms with van der Waals surface area (Å²) in [7, 11) is 4.26. The maximum absolute atomic E-state index is 3.80. The lowest BCUT2D eigenvalue weighted by atomic mass is 10.1. The normalized spacial score (nSPS) is 20.5. The molecule has 1 unspecified atom stereocenters. The summed E-state index contributed by atoms with van der Waals surface area (Å²) in [5, 5.41) is 3.80. The highest BCUT2D eigenvalue weighted by atomic mass is 15.1. The average molecular weight is 289 g/mol. The molecule has 2 rings (SSSR count). The Hall–Kier alpha value is -1.06. The van der Waals surface area contributed by atoms with Gasteiger partial charge in [-0.1, -0.05) is 25.1 Å². The van der Waals surface area contributed by atoms with E-state index in [4.69, 9.17) is 0 Å². The molecule has 1 atom stereocenters. The zero-order chi connectivity index (χ0) is 15.1. The van der Waals surface area contributed by atoms with E-state index in [1.54, 1.807) is 0 Å². The van der Waals surface area contributed by atoms with Gasteiger partial charge < -0.3 is 15.1 Å². The molecule has 1 saturated heterocycles. The second-order valence-electron chi connectivity index (χ2n) is 6.51. The van der Waals surface area contributed by atoms with Gasteiger partial charge in [-0.05, 0) is 64.5 Å². The van der Waals surface area contributed by atoms with Crippen LogP contribution in [0.4, 0.5) is 5.69 Å². The summed E-state index contributed by atoms with van der Waals surface area (Å²) in [4.78, 5) is 4.85. The van der Waals surface area contributed by atoms with Crippen LogP contribution < -0.4 is 5.32 Å². The van der Waals surface area contributed by atoms with E-state index in [1.165, 1.54) is 56.6 Å². The number of hydrogen-bond donors (Lipinski definition) is 1. The van der Waals surface area contributed by atoms with Crippen molar-refractivity contribution >= 4 is 5.69 Å². The molecular formula is C18H31N3. The van der Waals surface area contributed by atoms with Gasteiger partial charge in [0.05, 0.1) is 0 Å². The molecule has 1 aliphatic rings. The van der Waals surface area contributed by atoms with Crippen LogP contribution >= 0.6 is 0 Å². The quantitative estimate of drug-likeness (QED) is 0.865. The van der Waals surface area contributed by atoms with Gasteiger partial charge >= 0.3 is 0 Å². The average Bonchev–Trinajstić information content (AvgIpc) is 2.67. The van der Waals surface area contributed by atoms with Gasteiger partial charge in [-0.15, -0.1) is 0 Å². The highest BCUT2D eigenvalue weighted by molar-refractivity contribution is 5.51. The molecule has 0 radical (unpaired) electrons. The zero-order valence-corrected chi connectivity index (χ0v) is 13.9. The molecule has 3 heteroatoms. The molecule has 1 aliphatic heterocycles. The molecule has 1 N–H and O–H groups in total. The van der Waals surface area contributed by atoms with Gasteiger partial charge in [-0.25, -0.2) is 0 Å². The highest BCUT2D eigenvalue weighted by Gasteiger charge is 2.17. The second-order valence-corrected chi connectivity index (χ2v) is 6.51. The van der Waals surface area contributed by atoms with Crippen molar-refractivity contribution in [3.05, 3.63) is 29.8 Å². The van der Waals surface area contributed by atoms with Crippen LogP contribution in [0.3, 0.4) is 0 Å². The molecule has 1 heterocycles. The molecule has 0 bridgehead atoms. The van der Waals surface area contributed by atoms with Gasteiger partial charge in [-0.3, -0.25) is 0 Å². The number of benzene rings is 1. The predicted octanol–water partition coefficient (Wildman–Crippen LogP) is 3.42. The number of rotatable bonds is 6. The first-order chi connectivity index (χ1) is 10.2. The summed E-state index contributed by atoms with van der Waals surface area (Å²) in [6.45, 7) is 7.03. The van der Waals surface area contributed by atoms with E-state index in [9.17, 15) is 0 Å². The van der Waals surface area contributed by atoms with Crippen molar-refractivity contribution in [1.82, 2.24) is 9.80 Å². The first-order valence-corrected chi connectivity index (χ1v) is 8.40. The summed E-state index contributed by atoms with van der Waals surface area (Å²) in [6, 6.07) is 9.37. The molecule has 0 aliphatic carbocycles. The van der Waals surface area contributed by atoms with E-state index in [-0.39, 0.29) is 0 Å². The Labute approximate surface area is 130 Å². The summed E-state index contributed by atoms with van der Waals surface area (Å²) < 4.78 is 0. The van der Waals surface area contributed by atoms with Crippen molar-refractivity contribution in [1.29, 1.82) is 0 Å². The fourth-order valence-corrected chi connectivity index (χ4v) is 3.20. The van der Waals surface area contributed by atoms with Crippen molar-refractivity contribution in [2.45, 2.75) is 45.2 Å². The minimum absolute atomic E-state index is 0.621. The Morgan fingerprint density at radius 3 is 2.76 bits per heavy atom. The molecular weight excluding hydrogens is 258 g/mol. The third-order valence-corrected chi connectivity index (χ3v) is 4.22. The molecule has 1 aromatic rings. The van der Waals surface area contributed by atoms with E-state index >= 15 is 0 Å². The van der Waals surface area contributed by atoms with E-state index in [2.05, 4.69) is 60.4 Å². The number of nitrogens with zero attached hydrogens (tertiary/aromatic N) is 2. The predicted molar refractivity (Wildman–Crippen MR) is 91.8 cm³/mol. The molecule has 0 aromatic heterocycles. The monoisotopic (exact) mass is 289 g/mol. The summed E-state index contributed by atoms with van der Waals surface area (Å²) in [5.74, 6) is 0. The first-order valence-electron chi connectivity index (χ1n) is 8.40. The minimum Gasteiger partial charge on any atom is -0.382 e. The molecule has 0 amide bonds. The highest BCUT2D eigenvalue weighted by Crippen LogP contribution is 2.21. The van der Waals surface area contributed by atoms with Crippen molar-refractivity contribution < 1.29 is 0 Å². The van der Waals surface area contributed by atoms with E-state index in [1.807, 2.05) is 0 Å². The zero-order valence-electron chi connectivity index (χ0n) is 13.9. The van der Waals surface area contributed by atoms with Crippen LogP contribution in [0.25, 0.3) is 0 Å². The Bertz CT molecular complexity index is 417. The maximum Gasteiger partial charge on any atom is 0.0388 e. The van der Waals surface area contributed by atoms with Gasteiger partial charge in [0.15, 0.2) is 0 Å². The molecule has 21 heavy (non-hydrogen) atoms. The number of anilines is 1. The van der Waals surface area contributed by atoms with Crippen LogP contribution in [0.2, 0.25) is 0 Å². The molecule has 0 spiro atoms. The van der Waals surface area contributed by atoms with Crippen LogP contribution in [0, 0.1) is 0 Å². The Morgan fingerprint density at radius 1 is 1.19 bits per heavy atom. The first kappa shape index (κ1) is 16.3. The second kappa shape index (κ2) is 8.40. The third-order valence-electron chi connectivity index (χ3n) is 4.22. The third kappa shape index (κ3) is 5.33. The topological polar surface area (TPSA) is 18.5 Å². The van der Waals surface area contributed by atoms with Crippen molar-refractivity contribution in [2.24, 2.45) is 0 Å². The molecule has 3 nitrogen and oxygen atoms in total. The SMILES string of the molecule is CCCN1CCCC(Nc2ccccc2CN(C)C)CC1. The largest absolute Gasteiger partial charge is 0.382 e. The van der Waals surface area contributed by atoms with Gasteiger partial charge in [0, 0.05) is 24.8 Å². The maximum atomic E-state index is 3.80.